The predicted molar refractivity (Wildman–Crippen MR) is 92.9 cm³/mol. The van der Waals surface area contributed by atoms with Gasteiger partial charge in [0.05, 0.1) is 18.7 Å². The molecule has 0 radical (unpaired) electrons. The largest absolute Gasteiger partial charge is 0.493 e. The van der Waals surface area contributed by atoms with Crippen molar-refractivity contribution in [2.24, 2.45) is 0 Å². The van der Waals surface area contributed by atoms with Gasteiger partial charge in [-0.3, -0.25) is 9.59 Å². The smallest absolute Gasteiger partial charge is 0.265 e. The van der Waals surface area contributed by atoms with Crippen molar-refractivity contribution in [3.8, 4) is 17.6 Å². The van der Waals surface area contributed by atoms with Gasteiger partial charge < -0.3 is 14.8 Å². The van der Waals surface area contributed by atoms with Gasteiger partial charge in [-0.1, -0.05) is 6.07 Å². The van der Waals surface area contributed by atoms with Gasteiger partial charge in [-0.25, -0.2) is 0 Å². The lowest BCUT2D eigenvalue weighted by Crippen LogP contribution is -2.30. The van der Waals surface area contributed by atoms with E-state index in [4.69, 9.17) is 14.7 Å². The van der Waals surface area contributed by atoms with Gasteiger partial charge >= 0.3 is 0 Å². The average Bonchev–Trinajstić information content (AvgIpc) is 2.61. The van der Waals surface area contributed by atoms with Crippen molar-refractivity contribution in [3.05, 3.63) is 53.6 Å². The molecule has 6 nitrogen and oxygen atoms in total. The molecular weight excluding hydrogens is 320 g/mol. The number of ether oxygens (including phenoxy) is 2. The Bertz CT molecular complexity index is 840. The fourth-order valence-corrected chi connectivity index (χ4v) is 2.14. The van der Waals surface area contributed by atoms with Gasteiger partial charge in [0, 0.05) is 11.3 Å². The van der Waals surface area contributed by atoms with Gasteiger partial charge in [0.2, 0.25) is 0 Å². The molecule has 1 atom stereocenters. The van der Waals surface area contributed by atoms with Gasteiger partial charge in [0.15, 0.2) is 23.4 Å². The Morgan fingerprint density at radius 1 is 1.16 bits per heavy atom. The Morgan fingerprint density at radius 3 is 2.56 bits per heavy atom. The maximum atomic E-state index is 12.3. The van der Waals surface area contributed by atoms with E-state index in [2.05, 4.69) is 5.32 Å². The third-order valence-electron chi connectivity index (χ3n) is 3.50. The van der Waals surface area contributed by atoms with Crippen LogP contribution in [-0.4, -0.2) is 24.9 Å². The first-order valence-corrected chi connectivity index (χ1v) is 7.61. The molecule has 0 bridgehead atoms. The second-order valence-corrected chi connectivity index (χ2v) is 5.36. The summed E-state index contributed by atoms with van der Waals surface area (Å²) in [4.78, 5) is 23.7. The number of ketones is 1. The monoisotopic (exact) mass is 338 g/mol. The van der Waals surface area contributed by atoms with Gasteiger partial charge in [0.25, 0.3) is 5.91 Å². The Balaban J connectivity index is 2.10. The Kier molecular flexibility index (Phi) is 5.75. The van der Waals surface area contributed by atoms with E-state index in [-0.39, 0.29) is 11.7 Å². The average molecular weight is 338 g/mol. The highest BCUT2D eigenvalue weighted by molar-refractivity contribution is 5.95. The van der Waals surface area contributed by atoms with Crippen LogP contribution in [0.25, 0.3) is 0 Å². The van der Waals surface area contributed by atoms with E-state index in [0.29, 0.717) is 28.3 Å². The van der Waals surface area contributed by atoms with E-state index in [1.807, 2.05) is 6.07 Å². The molecular formula is C19H18N2O4. The summed E-state index contributed by atoms with van der Waals surface area (Å²) in [6.07, 6.45) is -0.803. The van der Waals surface area contributed by atoms with Crippen LogP contribution in [0.2, 0.25) is 0 Å². The molecule has 0 heterocycles. The maximum absolute atomic E-state index is 12.3. The van der Waals surface area contributed by atoms with Crippen LogP contribution in [0.1, 0.15) is 29.8 Å². The number of carbonyl (C=O) groups excluding carboxylic acids is 2. The number of hydrogen-bond donors (Lipinski definition) is 1. The molecule has 0 aliphatic rings. The first kappa shape index (κ1) is 18.0. The fraction of sp³-hybridized carbons (Fsp3) is 0.211. The number of hydrogen-bond acceptors (Lipinski definition) is 5. The summed E-state index contributed by atoms with van der Waals surface area (Å²) in [5.41, 5.74) is 1.46. The summed E-state index contributed by atoms with van der Waals surface area (Å²) in [7, 11) is 1.46. The molecule has 2 aromatic carbocycles. The Hall–Kier alpha value is -3.33. The van der Waals surface area contributed by atoms with Crippen molar-refractivity contribution in [1.82, 2.24) is 0 Å². The number of carbonyl (C=O) groups is 2. The van der Waals surface area contributed by atoms with Crippen LogP contribution in [0.5, 0.6) is 11.5 Å². The molecule has 0 aliphatic heterocycles. The van der Waals surface area contributed by atoms with Crippen molar-refractivity contribution < 1.29 is 19.1 Å². The Morgan fingerprint density at radius 2 is 1.92 bits per heavy atom. The standard InChI is InChI=1S/C19H18N2O4/c1-12(22)15-7-8-17(18(10-15)24-3)25-13(2)19(23)21-16-6-4-5-14(9-16)11-20/h4-10,13H,1-3H3,(H,21,23)/t13-/m1/s1. The lowest BCUT2D eigenvalue weighted by atomic mass is 10.1. The molecule has 0 saturated carbocycles. The summed E-state index contributed by atoms with van der Waals surface area (Å²) < 4.78 is 10.9. The number of Topliss-reactive ketones (excluding diaryl/α,β-unsaturated/α-hetero) is 1. The van der Waals surface area contributed by atoms with Crippen LogP contribution in [0, 0.1) is 11.3 Å². The molecule has 0 aromatic heterocycles. The van der Waals surface area contributed by atoms with Crippen molar-refractivity contribution in [3.63, 3.8) is 0 Å². The molecule has 0 aliphatic carbocycles. The van der Waals surface area contributed by atoms with Gasteiger partial charge in [-0.2, -0.15) is 5.26 Å². The van der Waals surface area contributed by atoms with Crippen LogP contribution in [0.4, 0.5) is 5.69 Å². The molecule has 0 unspecified atom stereocenters. The van der Waals surface area contributed by atoms with Crippen molar-refractivity contribution in [2.45, 2.75) is 20.0 Å². The zero-order valence-electron chi connectivity index (χ0n) is 14.2. The van der Waals surface area contributed by atoms with Crippen molar-refractivity contribution >= 4 is 17.4 Å². The third kappa shape index (κ3) is 4.58. The van der Waals surface area contributed by atoms with Gasteiger partial charge in [-0.05, 0) is 50.2 Å². The number of benzene rings is 2. The maximum Gasteiger partial charge on any atom is 0.265 e. The molecule has 1 amide bonds. The zero-order chi connectivity index (χ0) is 18.4. The molecule has 2 rings (SSSR count). The summed E-state index contributed by atoms with van der Waals surface area (Å²) in [5.74, 6) is 0.278. The number of nitriles is 1. The number of methoxy groups -OCH3 is 1. The molecule has 128 valence electrons. The number of nitrogens with one attached hydrogen (secondary N) is 1. The molecule has 0 saturated heterocycles. The van der Waals surface area contributed by atoms with E-state index in [9.17, 15) is 9.59 Å². The number of anilines is 1. The van der Waals surface area contributed by atoms with E-state index < -0.39 is 6.10 Å². The fourth-order valence-electron chi connectivity index (χ4n) is 2.14. The first-order chi connectivity index (χ1) is 11.9. The summed E-state index contributed by atoms with van der Waals surface area (Å²) in [5, 5.41) is 11.6. The van der Waals surface area contributed by atoms with Crippen LogP contribution >= 0.6 is 0 Å². The van der Waals surface area contributed by atoms with E-state index in [1.165, 1.54) is 14.0 Å². The van der Waals surface area contributed by atoms with Crippen LogP contribution in [0.15, 0.2) is 42.5 Å². The quantitative estimate of drug-likeness (QED) is 0.817. The van der Waals surface area contributed by atoms with Crippen molar-refractivity contribution in [2.75, 3.05) is 12.4 Å². The second kappa shape index (κ2) is 7.97. The minimum absolute atomic E-state index is 0.0898. The topological polar surface area (TPSA) is 88.4 Å². The van der Waals surface area contributed by atoms with Crippen LogP contribution in [0.3, 0.4) is 0 Å². The van der Waals surface area contributed by atoms with Crippen LogP contribution in [-0.2, 0) is 4.79 Å². The third-order valence-corrected chi connectivity index (χ3v) is 3.50. The summed E-state index contributed by atoms with van der Waals surface area (Å²) >= 11 is 0. The molecule has 0 fully saturated rings. The van der Waals surface area contributed by atoms with Crippen LogP contribution < -0.4 is 14.8 Å². The molecule has 25 heavy (non-hydrogen) atoms. The summed E-state index contributed by atoms with van der Waals surface area (Å²) in [6.45, 7) is 3.06. The minimum Gasteiger partial charge on any atom is -0.493 e. The predicted octanol–water partition coefficient (Wildman–Crippen LogP) is 3.18. The van der Waals surface area contributed by atoms with Gasteiger partial charge in [-0.15, -0.1) is 0 Å². The second-order valence-electron chi connectivity index (χ2n) is 5.36. The van der Waals surface area contributed by atoms with Crippen molar-refractivity contribution in [1.29, 1.82) is 5.26 Å². The molecule has 1 N–H and O–H groups in total. The lowest BCUT2D eigenvalue weighted by Gasteiger charge is -2.17. The van der Waals surface area contributed by atoms with Gasteiger partial charge in [0.1, 0.15) is 0 Å². The molecule has 0 spiro atoms. The Labute approximate surface area is 146 Å². The zero-order valence-corrected chi connectivity index (χ0v) is 14.2. The van der Waals surface area contributed by atoms with E-state index in [0.717, 1.165) is 0 Å². The normalized spacial score (nSPS) is 11.1. The molecule has 6 heteroatoms. The highest BCUT2D eigenvalue weighted by Gasteiger charge is 2.18. The number of rotatable bonds is 6. The van der Waals surface area contributed by atoms with E-state index in [1.54, 1.807) is 49.4 Å². The number of amides is 1. The highest BCUT2D eigenvalue weighted by Crippen LogP contribution is 2.29. The lowest BCUT2D eigenvalue weighted by molar-refractivity contribution is -0.122. The summed E-state index contributed by atoms with van der Waals surface area (Å²) in [6, 6.07) is 13.4. The van der Waals surface area contributed by atoms with E-state index >= 15 is 0 Å². The molecule has 2 aromatic rings. The highest BCUT2D eigenvalue weighted by atomic mass is 16.5. The SMILES string of the molecule is COc1cc(C(C)=O)ccc1O[C@H](C)C(=O)Nc1cccc(C#N)c1. The number of nitrogens with zero attached hydrogens (tertiary/aromatic N) is 1. The first-order valence-electron chi connectivity index (χ1n) is 7.61. The minimum atomic E-state index is -0.803.